The topological polar surface area (TPSA) is 92.3 Å². The van der Waals surface area contributed by atoms with Crippen molar-refractivity contribution in [3.8, 4) is 11.6 Å². The van der Waals surface area contributed by atoms with Gasteiger partial charge in [0.1, 0.15) is 11.4 Å². The molecule has 0 atom stereocenters. The molecule has 0 saturated heterocycles. The zero-order valence-corrected chi connectivity index (χ0v) is 10.7. The van der Waals surface area contributed by atoms with E-state index in [0.717, 1.165) is 0 Å². The summed E-state index contributed by atoms with van der Waals surface area (Å²) in [7, 11) is 1.53. The number of carbonyl (C=O) groups excluding carboxylic acids is 1. The zero-order chi connectivity index (χ0) is 13.8. The van der Waals surface area contributed by atoms with Gasteiger partial charge in [0.15, 0.2) is 0 Å². The SMILES string of the molecule is CCOC(=O)c1cnn(-c2ccc(OC)nc2)c1N. The maximum Gasteiger partial charge on any atom is 0.343 e. The fourth-order valence-corrected chi connectivity index (χ4v) is 1.55. The van der Waals surface area contributed by atoms with Crippen molar-refractivity contribution in [3.05, 3.63) is 30.1 Å². The molecule has 2 aromatic rings. The lowest BCUT2D eigenvalue weighted by atomic mass is 10.3. The highest BCUT2D eigenvalue weighted by atomic mass is 16.5. The van der Waals surface area contributed by atoms with Gasteiger partial charge in [-0.2, -0.15) is 5.10 Å². The van der Waals surface area contributed by atoms with Gasteiger partial charge >= 0.3 is 5.97 Å². The van der Waals surface area contributed by atoms with Crippen LogP contribution in [0.4, 0.5) is 5.82 Å². The second kappa shape index (κ2) is 5.38. The van der Waals surface area contributed by atoms with Crippen molar-refractivity contribution in [3.63, 3.8) is 0 Å². The molecule has 0 aliphatic rings. The maximum absolute atomic E-state index is 11.6. The molecule has 0 aliphatic carbocycles. The highest BCUT2D eigenvalue weighted by Gasteiger charge is 2.17. The summed E-state index contributed by atoms with van der Waals surface area (Å²) in [5, 5.41) is 4.05. The average Bonchev–Trinajstić information content (AvgIpc) is 2.81. The lowest BCUT2D eigenvalue weighted by Gasteiger charge is -2.05. The maximum atomic E-state index is 11.6. The molecule has 0 bridgehead atoms. The first kappa shape index (κ1) is 12.9. The van der Waals surface area contributed by atoms with Crippen LogP contribution in [0.1, 0.15) is 17.3 Å². The molecule has 2 N–H and O–H groups in total. The lowest BCUT2D eigenvalue weighted by molar-refractivity contribution is 0.0527. The van der Waals surface area contributed by atoms with E-state index in [1.54, 1.807) is 25.3 Å². The molecule has 7 nitrogen and oxygen atoms in total. The van der Waals surface area contributed by atoms with Crippen LogP contribution in [0.3, 0.4) is 0 Å². The molecular formula is C12H14N4O3. The fraction of sp³-hybridized carbons (Fsp3) is 0.250. The quantitative estimate of drug-likeness (QED) is 0.827. The van der Waals surface area contributed by atoms with Gasteiger partial charge in [0.25, 0.3) is 0 Å². The summed E-state index contributed by atoms with van der Waals surface area (Å²) in [6.07, 6.45) is 2.93. The number of nitrogen functional groups attached to an aromatic ring is 1. The van der Waals surface area contributed by atoms with E-state index in [0.29, 0.717) is 11.6 Å². The molecule has 0 aromatic carbocycles. The summed E-state index contributed by atoms with van der Waals surface area (Å²) in [6, 6.07) is 3.42. The van der Waals surface area contributed by atoms with E-state index in [2.05, 4.69) is 10.1 Å². The van der Waals surface area contributed by atoms with Crippen LogP contribution in [0, 0.1) is 0 Å². The van der Waals surface area contributed by atoms with Gasteiger partial charge in [0.05, 0.1) is 31.8 Å². The first-order valence-corrected chi connectivity index (χ1v) is 5.68. The number of hydrogen-bond acceptors (Lipinski definition) is 6. The fourth-order valence-electron chi connectivity index (χ4n) is 1.55. The molecule has 0 unspecified atom stereocenters. The normalized spacial score (nSPS) is 10.2. The van der Waals surface area contributed by atoms with Crippen LogP contribution in [0.15, 0.2) is 24.5 Å². The second-order valence-electron chi connectivity index (χ2n) is 3.63. The summed E-state index contributed by atoms with van der Waals surface area (Å²) >= 11 is 0. The Labute approximate surface area is 110 Å². The number of hydrogen-bond donors (Lipinski definition) is 1. The standard InChI is InChI=1S/C12H14N4O3/c1-3-19-12(17)9-7-15-16(11(9)13)8-4-5-10(18-2)14-6-8/h4-7H,3,13H2,1-2H3. The first-order chi connectivity index (χ1) is 9.17. The molecule has 0 spiro atoms. The third-order valence-corrected chi connectivity index (χ3v) is 2.48. The summed E-state index contributed by atoms with van der Waals surface area (Å²) < 4.78 is 11.3. The third-order valence-electron chi connectivity index (χ3n) is 2.48. The number of nitrogens with two attached hydrogens (primary N) is 1. The molecule has 2 aromatic heterocycles. The molecule has 2 heterocycles. The molecule has 0 amide bonds. The Balaban J connectivity index is 2.32. The highest BCUT2D eigenvalue weighted by Crippen LogP contribution is 2.18. The summed E-state index contributed by atoms with van der Waals surface area (Å²) in [5.74, 6) is 0.207. The van der Waals surface area contributed by atoms with Gasteiger partial charge in [0, 0.05) is 6.07 Å². The van der Waals surface area contributed by atoms with Crippen LogP contribution in [0.5, 0.6) is 5.88 Å². The first-order valence-electron chi connectivity index (χ1n) is 5.68. The Morgan fingerprint density at radius 2 is 2.21 bits per heavy atom. The van der Waals surface area contributed by atoms with Crippen molar-refractivity contribution < 1.29 is 14.3 Å². The lowest BCUT2D eigenvalue weighted by Crippen LogP contribution is -2.09. The van der Waals surface area contributed by atoms with Crippen LogP contribution in [-0.2, 0) is 4.74 Å². The van der Waals surface area contributed by atoms with Gasteiger partial charge in [0.2, 0.25) is 5.88 Å². The molecule has 0 fully saturated rings. The van der Waals surface area contributed by atoms with Crippen molar-refractivity contribution in [2.45, 2.75) is 6.92 Å². The van der Waals surface area contributed by atoms with E-state index < -0.39 is 5.97 Å². The second-order valence-corrected chi connectivity index (χ2v) is 3.63. The molecule has 0 aliphatic heterocycles. The van der Waals surface area contributed by atoms with Crippen molar-refractivity contribution in [1.29, 1.82) is 0 Å². The van der Waals surface area contributed by atoms with Crippen molar-refractivity contribution in [2.75, 3.05) is 19.5 Å². The van der Waals surface area contributed by atoms with Gasteiger partial charge < -0.3 is 15.2 Å². The number of nitrogens with zero attached hydrogens (tertiary/aromatic N) is 3. The van der Waals surface area contributed by atoms with E-state index in [1.165, 1.54) is 18.0 Å². The number of esters is 1. The Hall–Kier alpha value is -2.57. The number of rotatable bonds is 4. The van der Waals surface area contributed by atoms with E-state index in [9.17, 15) is 4.79 Å². The minimum atomic E-state index is -0.493. The van der Waals surface area contributed by atoms with Crippen LogP contribution in [-0.4, -0.2) is 34.5 Å². The monoisotopic (exact) mass is 262 g/mol. The van der Waals surface area contributed by atoms with E-state index in [-0.39, 0.29) is 18.0 Å². The zero-order valence-electron chi connectivity index (χ0n) is 10.7. The predicted octanol–water partition coefficient (Wildman–Crippen LogP) is 1.03. The van der Waals surface area contributed by atoms with Crippen molar-refractivity contribution in [2.24, 2.45) is 0 Å². The molecule has 100 valence electrons. The van der Waals surface area contributed by atoms with Gasteiger partial charge in [-0.05, 0) is 13.0 Å². The predicted molar refractivity (Wildman–Crippen MR) is 68.3 cm³/mol. The van der Waals surface area contributed by atoms with E-state index in [4.69, 9.17) is 15.2 Å². The minimum absolute atomic E-state index is 0.213. The number of carbonyl (C=O) groups is 1. The Morgan fingerprint density at radius 3 is 2.79 bits per heavy atom. The number of pyridine rings is 1. The van der Waals surface area contributed by atoms with Gasteiger partial charge in [-0.25, -0.2) is 14.5 Å². The Kier molecular flexibility index (Phi) is 3.65. The van der Waals surface area contributed by atoms with Crippen LogP contribution in [0.25, 0.3) is 5.69 Å². The molecule has 2 rings (SSSR count). The molecule has 0 saturated carbocycles. The van der Waals surface area contributed by atoms with Crippen molar-refractivity contribution in [1.82, 2.24) is 14.8 Å². The van der Waals surface area contributed by atoms with Gasteiger partial charge in [-0.1, -0.05) is 0 Å². The number of ether oxygens (including phenoxy) is 2. The van der Waals surface area contributed by atoms with Gasteiger partial charge in [-0.15, -0.1) is 0 Å². The average molecular weight is 262 g/mol. The number of aromatic nitrogens is 3. The largest absolute Gasteiger partial charge is 0.481 e. The summed E-state index contributed by atoms with van der Waals surface area (Å²) in [4.78, 5) is 15.7. The Morgan fingerprint density at radius 1 is 1.42 bits per heavy atom. The van der Waals surface area contributed by atoms with E-state index in [1.807, 2.05) is 0 Å². The van der Waals surface area contributed by atoms with Crippen LogP contribution < -0.4 is 10.5 Å². The summed E-state index contributed by atoms with van der Waals surface area (Å²) in [5.41, 5.74) is 6.74. The molecular weight excluding hydrogens is 248 g/mol. The molecule has 19 heavy (non-hydrogen) atoms. The molecule has 0 radical (unpaired) electrons. The smallest absolute Gasteiger partial charge is 0.343 e. The highest BCUT2D eigenvalue weighted by molar-refractivity contribution is 5.94. The Bertz CT molecular complexity index is 577. The van der Waals surface area contributed by atoms with Crippen LogP contribution in [0.2, 0.25) is 0 Å². The number of methoxy groups -OCH3 is 1. The van der Waals surface area contributed by atoms with E-state index >= 15 is 0 Å². The third kappa shape index (κ3) is 2.49. The molecule has 7 heteroatoms. The summed E-state index contributed by atoms with van der Waals surface area (Å²) in [6.45, 7) is 2.01. The minimum Gasteiger partial charge on any atom is -0.481 e. The van der Waals surface area contributed by atoms with Crippen molar-refractivity contribution >= 4 is 11.8 Å². The number of anilines is 1. The van der Waals surface area contributed by atoms with Crippen LogP contribution >= 0.6 is 0 Å². The van der Waals surface area contributed by atoms with Gasteiger partial charge in [-0.3, -0.25) is 0 Å².